The van der Waals surface area contributed by atoms with E-state index in [-0.39, 0.29) is 0 Å². The van der Waals surface area contributed by atoms with Crippen molar-refractivity contribution in [3.8, 4) is 5.75 Å². The van der Waals surface area contributed by atoms with Crippen molar-refractivity contribution < 1.29 is 4.74 Å². The number of methoxy groups -OCH3 is 1. The van der Waals surface area contributed by atoms with Gasteiger partial charge in [0.15, 0.2) is 0 Å². The number of aromatic nitrogens is 1. The third-order valence-electron chi connectivity index (χ3n) is 7.23. The van der Waals surface area contributed by atoms with Gasteiger partial charge in [0.05, 0.1) is 29.0 Å². The highest BCUT2D eigenvalue weighted by Gasteiger charge is 2.20. The van der Waals surface area contributed by atoms with Crippen molar-refractivity contribution in [1.82, 2.24) is 4.40 Å². The molecular formula is C30H19NOS. The molecule has 8 aromatic rings. The molecule has 0 aliphatic carbocycles. The Kier molecular flexibility index (Phi) is 3.19. The van der Waals surface area contributed by atoms with Crippen LogP contribution in [-0.2, 0) is 0 Å². The number of hydrogen-bond donors (Lipinski definition) is 0. The summed E-state index contributed by atoms with van der Waals surface area (Å²) in [6, 6.07) is 29.3. The molecule has 0 saturated heterocycles. The molecule has 5 aromatic carbocycles. The van der Waals surface area contributed by atoms with Crippen molar-refractivity contribution in [1.29, 1.82) is 0 Å². The van der Waals surface area contributed by atoms with Crippen LogP contribution in [0, 0.1) is 6.92 Å². The zero-order chi connectivity index (χ0) is 21.8. The number of ether oxygens (including phenoxy) is 1. The molecule has 0 fully saturated rings. The third-order valence-corrected chi connectivity index (χ3v) is 8.34. The second-order valence-corrected chi connectivity index (χ2v) is 10.1. The molecule has 3 aromatic heterocycles. The van der Waals surface area contributed by atoms with E-state index in [0.717, 1.165) is 5.75 Å². The fraction of sp³-hybridized carbons (Fsp3) is 0.0667. The normalized spacial score (nSPS) is 12.5. The topological polar surface area (TPSA) is 13.6 Å². The molecule has 8 rings (SSSR count). The molecular weight excluding hydrogens is 422 g/mol. The van der Waals surface area contributed by atoms with E-state index in [1.165, 1.54) is 74.6 Å². The summed E-state index contributed by atoms with van der Waals surface area (Å²) >= 11 is 1.89. The molecule has 0 spiro atoms. The minimum atomic E-state index is 0.934. The van der Waals surface area contributed by atoms with Gasteiger partial charge in [-0.2, -0.15) is 0 Å². The summed E-state index contributed by atoms with van der Waals surface area (Å²) in [4.78, 5) is 0. The summed E-state index contributed by atoms with van der Waals surface area (Å²) in [5, 5.41) is 10.3. The van der Waals surface area contributed by atoms with Crippen molar-refractivity contribution in [3.63, 3.8) is 0 Å². The Hall–Kier alpha value is -3.82. The van der Waals surface area contributed by atoms with Gasteiger partial charge < -0.3 is 9.14 Å². The molecule has 33 heavy (non-hydrogen) atoms. The van der Waals surface area contributed by atoms with E-state index in [4.69, 9.17) is 4.74 Å². The number of fused-ring (bicyclic) bond motifs is 10. The maximum absolute atomic E-state index is 5.79. The van der Waals surface area contributed by atoms with Crippen LogP contribution in [0.25, 0.3) is 69.0 Å². The van der Waals surface area contributed by atoms with Crippen molar-refractivity contribution >= 4 is 80.4 Å². The van der Waals surface area contributed by atoms with Gasteiger partial charge in [0, 0.05) is 36.3 Å². The van der Waals surface area contributed by atoms with E-state index in [9.17, 15) is 0 Å². The standard InChI is InChI=1S/C30H19NOS/c1-16-7-8-19-23-13-17-12-22-20-9-10-26(32-2)29-21-5-3-4-6-24(21)31(30(20)29)25(22)14-18(17)15-28(23)33-27(19)11-16/h3-15H,1-2H3. The summed E-state index contributed by atoms with van der Waals surface area (Å²) in [5.41, 5.74) is 5.06. The number of rotatable bonds is 1. The Balaban J connectivity index is 1.58. The average Bonchev–Trinajstić information content (AvgIpc) is 3.46. The molecule has 0 amide bonds. The number of thiophene rings is 1. The lowest BCUT2D eigenvalue weighted by Crippen LogP contribution is -1.83. The first kappa shape index (κ1) is 17.7. The predicted octanol–water partition coefficient (Wildman–Crippen LogP) is 8.67. The number of nitrogens with zero attached hydrogens (tertiary/aromatic N) is 1. The summed E-state index contributed by atoms with van der Waals surface area (Å²) in [6.45, 7) is 2.17. The quantitative estimate of drug-likeness (QED) is 0.248. The van der Waals surface area contributed by atoms with E-state index in [0.29, 0.717) is 0 Å². The molecule has 0 saturated carbocycles. The summed E-state index contributed by atoms with van der Waals surface area (Å²) < 4.78 is 10.9. The van der Waals surface area contributed by atoms with Crippen LogP contribution in [-0.4, -0.2) is 11.5 Å². The molecule has 156 valence electrons. The summed E-state index contributed by atoms with van der Waals surface area (Å²) in [7, 11) is 1.76. The lowest BCUT2D eigenvalue weighted by molar-refractivity contribution is 0.420. The van der Waals surface area contributed by atoms with Crippen LogP contribution in [0.15, 0.2) is 78.9 Å². The van der Waals surface area contributed by atoms with Gasteiger partial charge in [-0.1, -0.05) is 30.3 Å². The fourth-order valence-corrected chi connectivity index (χ4v) is 7.01. The van der Waals surface area contributed by atoms with Gasteiger partial charge in [-0.15, -0.1) is 11.3 Å². The number of aryl methyl sites for hydroxylation is 1. The van der Waals surface area contributed by atoms with Crippen LogP contribution < -0.4 is 4.74 Å². The highest BCUT2D eigenvalue weighted by atomic mass is 32.1. The third kappa shape index (κ3) is 2.13. The zero-order valence-corrected chi connectivity index (χ0v) is 19.1. The van der Waals surface area contributed by atoms with Gasteiger partial charge in [-0.25, -0.2) is 0 Å². The predicted molar refractivity (Wildman–Crippen MR) is 143 cm³/mol. The Bertz CT molecular complexity index is 2080. The minimum Gasteiger partial charge on any atom is -0.496 e. The lowest BCUT2D eigenvalue weighted by atomic mass is 10.0. The maximum Gasteiger partial charge on any atom is 0.128 e. The molecule has 2 nitrogen and oxygen atoms in total. The Morgan fingerprint density at radius 1 is 0.667 bits per heavy atom. The lowest BCUT2D eigenvalue weighted by Gasteiger charge is -2.04. The van der Waals surface area contributed by atoms with E-state index in [1.807, 2.05) is 11.3 Å². The van der Waals surface area contributed by atoms with Gasteiger partial charge in [-0.3, -0.25) is 0 Å². The second kappa shape index (κ2) is 5.94. The Morgan fingerprint density at radius 2 is 1.45 bits per heavy atom. The largest absolute Gasteiger partial charge is 0.496 e. The first-order valence-electron chi connectivity index (χ1n) is 11.2. The number of benzene rings is 5. The van der Waals surface area contributed by atoms with Crippen molar-refractivity contribution in [2.24, 2.45) is 0 Å². The SMILES string of the molecule is COc1ccc2c3cc4cc5c(cc4cc3n3c4ccccc4c1c23)sc1cc(C)ccc15. The highest BCUT2D eigenvalue weighted by Crippen LogP contribution is 2.45. The van der Waals surface area contributed by atoms with E-state index < -0.39 is 0 Å². The molecule has 0 aliphatic heterocycles. The molecule has 3 heterocycles. The zero-order valence-electron chi connectivity index (χ0n) is 18.3. The monoisotopic (exact) mass is 441 g/mol. The second-order valence-electron chi connectivity index (χ2n) is 9.06. The van der Waals surface area contributed by atoms with Crippen LogP contribution in [0.2, 0.25) is 0 Å². The van der Waals surface area contributed by atoms with Gasteiger partial charge in [-0.05, 0) is 71.8 Å². The summed E-state index contributed by atoms with van der Waals surface area (Å²) in [6.07, 6.45) is 0. The van der Waals surface area contributed by atoms with Crippen LogP contribution in [0.5, 0.6) is 5.75 Å². The Morgan fingerprint density at radius 3 is 2.36 bits per heavy atom. The molecule has 0 N–H and O–H groups in total. The maximum atomic E-state index is 5.79. The first-order valence-corrected chi connectivity index (χ1v) is 12.0. The van der Waals surface area contributed by atoms with Gasteiger partial charge in [0.1, 0.15) is 5.75 Å². The van der Waals surface area contributed by atoms with Gasteiger partial charge in [0.25, 0.3) is 0 Å². The van der Waals surface area contributed by atoms with E-state index in [1.54, 1.807) is 7.11 Å². The molecule has 3 heteroatoms. The smallest absolute Gasteiger partial charge is 0.128 e. The van der Waals surface area contributed by atoms with E-state index in [2.05, 4.69) is 90.2 Å². The number of hydrogen-bond acceptors (Lipinski definition) is 2. The Labute approximate surface area is 193 Å². The van der Waals surface area contributed by atoms with E-state index >= 15 is 0 Å². The van der Waals surface area contributed by atoms with Crippen LogP contribution >= 0.6 is 11.3 Å². The molecule has 0 bridgehead atoms. The molecule has 0 atom stereocenters. The molecule has 0 radical (unpaired) electrons. The van der Waals surface area contributed by atoms with Crippen molar-refractivity contribution in [2.75, 3.05) is 7.11 Å². The highest BCUT2D eigenvalue weighted by molar-refractivity contribution is 7.25. The average molecular weight is 442 g/mol. The van der Waals surface area contributed by atoms with Crippen molar-refractivity contribution in [2.45, 2.75) is 6.92 Å². The minimum absolute atomic E-state index is 0.934. The molecule has 0 unspecified atom stereocenters. The van der Waals surface area contributed by atoms with Crippen LogP contribution in [0.4, 0.5) is 0 Å². The van der Waals surface area contributed by atoms with Crippen LogP contribution in [0.1, 0.15) is 5.56 Å². The first-order chi connectivity index (χ1) is 16.2. The fourth-order valence-electron chi connectivity index (χ4n) is 5.77. The summed E-state index contributed by atoms with van der Waals surface area (Å²) in [5.74, 6) is 0.934. The van der Waals surface area contributed by atoms with Crippen LogP contribution in [0.3, 0.4) is 0 Å². The van der Waals surface area contributed by atoms with Gasteiger partial charge in [0.2, 0.25) is 0 Å². The van der Waals surface area contributed by atoms with Crippen molar-refractivity contribution in [3.05, 3.63) is 84.4 Å². The molecule has 0 aliphatic rings. The number of para-hydroxylation sites is 1. The van der Waals surface area contributed by atoms with Gasteiger partial charge >= 0.3 is 0 Å².